The van der Waals surface area contributed by atoms with E-state index in [4.69, 9.17) is 4.74 Å². The molecule has 3 heteroatoms. The lowest BCUT2D eigenvalue weighted by molar-refractivity contribution is 0.462. The Kier molecular flexibility index (Phi) is 3.15. The molecule has 0 unspecified atom stereocenters. The minimum absolute atomic E-state index is 0.687. The molecule has 0 N–H and O–H groups in total. The van der Waals surface area contributed by atoms with Gasteiger partial charge < -0.3 is 4.74 Å². The van der Waals surface area contributed by atoms with Crippen LogP contribution in [0.2, 0.25) is 0 Å². The monoisotopic (exact) mass is 339 g/mol. The summed E-state index contributed by atoms with van der Waals surface area (Å²) in [7, 11) is 0. The van der Waals surface area contributed by atoms with E-state index in [2.05, 4.69) is 51.2 Å². The van der Waals surface area contributed by atoms with Crippen LogP contribution in [0.4, 0.5) is 0 Å². The lowest BCUT2D eigenvalue weighted by Crippen LogP contribution is -1.93. The van der Waals surface area contributed by atoms with Gasteiger partial charge in [0.15, 0.2) is 0 Å². The summed E-state index contributed by atoms with van der Waals surface area (Å²) in [4.78, 5) is 4.61. The van der Waals surface area contributed by atoms with Crippen LogP contribution in [0, 0.1) is 0 Å². The zero-order chi connectivity index (χ0) is 14.2. The first kappa shape index (κ1) is 12.8. The van der Waals surface area contributed by atoms with Gasteiger partial charge in [-0.05, 0) is 59.9 Å². The number of ether oxygens (including phenoxy) is 1. The molecule has 4 rings (SSSR count). The minimum Gasteiger partial charge on any atom is -0.439 e. The van der Waals surface area contributed by atoms with Crippen LogP contribution in [-0.4, -0.2) is 4.98 Å². The summed E-state index contributed by atoms with van der Waals surface area (Å²) in [6.45, 7) is 0. The lowest BCUT2D eigenvalue weighted by Gasteiger charge is -2.08. The Labute approximate surface area is 131 Å². The van der Waals surface area contributed by atoms with Crippen LogP contribution in [0.5, 0.6) is 11.6 Å². The van der Waals surface area contributed by atoms with Gasteiger partial charge in [-0.25, -0.2) is 4.98 Å². The number of halogens is 1. The predicted molar refractivity (Wildman–Crippen MR) is 88.0 cm³/mol. The van der Waals surface area contributed by atoms with E-state index in [1.165, 1.54) is 23.1 Å². The standard InChI is InChI=1S/C18H14BrNO/c19-15-7-4-14-11-16(8-5-13(14)10-15)21-18-9-6-12-2-1-3-17(12)20-18/h4-11H,1-3H2. The van der Waals surface area contributed by atoms with E-state index in [0.717, 1.165) is 28.5 Å². The molecule has 0 radical (unpaired) electrons. The smallest absolute Gasteiger partial charge is 0.219 e. The van der Waals surface area contributed by atoms with E-state index in [-0.39, 0.29) is 0 Å². The maximum atomic E-state index is 5.92. The van der Waals surface area contributed by atoms with Gasteiger partial charge in [-0.1, -0.05) is 34.1 Å². The molecule has 2 nitrogen and oxygen atoms in total. The van der Waals surface area contributed by atoms with Crippen LogP contribution in [0.3, 0.4) is 0 Å². The Morgan fingerprint density at radius 2 is 1.76 bits per heavy atom. The van der Waals surface area contributed by atoms with Crippen molar-refractivity contribution in [2.24, 2.45) is 0 Å². The second-order valence-corrected chi connectivity index (χ2v) is 6.28. The third-order valence-corrected chi connectivity index (χ3v) is 4.39. The zero-order valence-electron chi connectivity index (χ0n) is 11.5. The number of nitrogens with zero attached hydrogens (tertiary/aromatic N) is 1. The third kappa shape index (κ3) is 2.54. The van der Waals surface area contributed by atoms with Crippen LogP contribution >= 0.6 is 15.9 Å². The summed E-state index contributed by atoms with van der Waals surface area (Å²) in [6, 6.07) is 16.5. The molecule has 104 valence electrons. The zero-order valence-corrected chi connectivity index (χ0v) is 13.1. The van der Waals surface area contributed by atoms with Crippen LogP contribution < -0.4 is 4.74 Å². The maximum absolute atomic E-state index is 5.92. The normalized spacial score (nSPS) is 13.4. The van der Waals surface area contributed by atoms with Crippen molar-refractivity contribution in [3.8, 4) is 11.6 Å². The highest BCUT2D eigenvalue weighted by atomic mass is 79.9. The minimum atomic E-state index is 0.687. The molecule has 0 saturated heterocycles. The van der Waals surface area contributed by atoms with Gasteiger partial charge in [-0.15, -0.1) is 0 Å². The average Bonchev–Trinajstić information content (AvgIpc) is 2.95. The fourth-order valence-electron chi connectivity index (χ4n) is 2.84. The average molecular weight is 340 g/mol. The highest BCUT2D eigenvalue weighted by Gasteiger charge is 2.13. The summed E-state index contributed by atoms with van der Waals surface area (Å²) in [6.07, 6.45) is 3.42. The Balaban J connectivity index is 1.66. The van der Waals surface area contributed by atoms with E-state index in [1.54, 1.807) is 0 Å². The predicted octanol–water partition coefficient (Wildman–Crippen LogP) is 5.28. The van der Waals surface area contributed by atoms with Crippen molar-refractivity contribution >= 4 is 26.7 Å². The van der Waals surface area contributed by atoms with Gasteiger partial charge in [0.2, 0.25) is 5.88 Å². The molecule has 21 heavy (non-hydrogen) atoms. The molecule has 0 spiro atoms. The fourth-order valence-corrected chi connectivity index (χ4v) is 3.22. The third-order valence-electron chi connectivity index (χ3n) is 3.90. The summed E-state index contributed by atoms with van der Waals surface area (Å²) < 4.78 is 7.01. The molecule has 0 atom stereocenters. The number of pyridine rings is 1. The van der Waals surface area contributed by atoms with Crippen LogP contribution in [0.1, 0.15) is 17.7 Å². The van der Waals surface area contributed by atoms with Crippen LogP contribution in [0.15, 0.2) is 53.0 Å². The quantitative estimate of drug-likeness (QED) is 0.633. The molecule has 0 saturated carbocycles. The topological polar surface area (TPSA) is 22.1 Å². The second-order valence-electron chi connectivity index (χ2n) is 5.36. The highest BCUT2D eigenvalue weighted by molar-refractivity contribution is 9.10. The summed E-state index contributed by atoms with van der Waals surface area (Å²) in [5.41, 5.74) is 2.56. The molecule has 0 fully saturated rings. The number of hydrogen-bond donors (Lipinski definition) is 0. The van der Waals surface area contributed by atoms with Gasteiger partial charge in [-0.2, -0.15) is 0 Å². The van der Waals surface area contributed by atoms with E-state index in [0.29, 0.717) is 5.88 Å². The van der Waals surface area contributed by atoms with Gasteiger partial charge >= 0.3 is 0 Å². The molecule has 0 aliphatic heterocycles. The van der Waals surface area contributed by atoms with Gasteiger partial charge in [0.05, 0.1) is 0 Å². The van der Waals surface area contributed by atoms with Gasteiger partial charge in [-0.3, -0.25) is 0 Å². The Morgan fingerprint density at radius 1 is 0.905 bits per heavy atom. The number of aromatic nitrogens is 1. The molecule has 1 aliphatic rings. The van der Waals surface area contributed by atoms with E-state index in [1.807, 2.05) is 18.2 Å². The van der Waals surface area contributed by atoms with E-state index >= 15 is 0 Å². The fraction of sp³-hybridized carbons (Fsp3) is 0.167. The molecule has 2 aromatic carbocycles. The summed E-state index contributed by atoms with van der Waals surface area (Å²) in [5, 5.41) is 2.36. The lowest BCUT2D eigenvalue weighted by atomic mass is 10.1. The first-order valence-electron chi connectivity index (χ1n) is 7.14. The Morgan fingerprint density at radius 3 is 2.71 bits per heavy atom. The highest BCUT2D eigenvalue weighted by Crippen LogP contribution is 2.28. The van der Waals surface area contributed by atoms with Crippen molar-refractivity contribution in [3.05, 3.63) is 64.3 Å². The number of hydrogen-bond acceptors (Lipinski definition) is 2. The number of benzene rings is 2. The second kappa shape index (κ2) is 5.15. The summed E-state index contributed by atoms with van der Waals surface area (Å²) >= 11 is 3.49. The van der Waals surface area contributed by atoms with Crippen LogP contribution in [-0.2, 0) is 12.8 Å². The molecule has 0 amide bonds. The van der Waals surface area contributed by atoms with Gasteiger partial charge in [0.1, 0.15) is 5.75 Å². The van der Waals surface area contributed by atoms with Crippen molar-refractivity contribution in [1.82, 2.24) is 4.98 Å². The molecule has 1 aliphatic carbocycles. The van der Waals surface area contributed by atoms with E-state index in [9.17, 15) is 0 Å². The first-order chi connectivity index (χ1) is 10.3. The molecule has 1 heterocycles. The molecule has 0 bridgehead atoms. The van der Waals surface area contributed by atoms with Crippen LogP contribution in [0.25, 0.3) is 10.8 Å². The maximum Gasteiger partial charge on any atom is 0.219 e. The molecule has 1 aromatic heterocycles. The Hall–Kier alpha value is -1.87. The number of rotatable bonds is 2. The van der Waals surface area contributed by atoms with Crippen molar-refractivity contribution < 1.29 is 4.74 Å². The number of aryl methyl sites for hydroxylation is 2. The molecular formula is C18H14BrNO. The SMILES string of the molecule is Brc1ccc2cc(Oc3ccc4c(n3)CCC4)ccc2c1. The molecular weight excluding hydrogens is 326 g/mol. The first-order valence-corrected chi connectivity index (χ1v) is 7.93. The van der Waals surface area contributed by atoms with Crippen molar-refractivity contribution in [3.63, 3.8) is 0 Å². The summed E-state index contributed by atoms with van der Waals surface area (Å²) in [5.74, 6) is 1.52. The van der Waals surface area contributed by atoms with Crippen molar-refractivity contribution in [2.45, 2.75) is 19.3 Å². The van der Waals surface area contributed by atoms with Gasteiger partial charge in [0, 0.05) is 16.2 Å². The Bertz CT molecular complexity index is 829. The van der Waals surface area contributed by atoms with E-state index < -0.39 is 0 Å². The van der Waals surface area contributed by atoms with Crippen molar-refractivity contribution in [1.29, 1.82) is 0 Å². The number of fused-ring (bicyclic) bond motifs is 2. The largest absolute Gasteiger partial charge is 0.439 e. The van der Waals surface area contributed by atoms with Crippen molar-refractivity contribution in [2.75, 3.05) is 0 Å². The molecule has 3 aromatic rings. The van der Waals surface area contributed by atoms with Gasteiger partial charge in [0.25, 0.3) is 0 Å².